The zero-order valence-electron chi connectivity index (χ0n) is 13.1. The molecular weight excluding hydrogens is 385 g/mol. The summed E-state index contributed by atoms with van der Waals surface area (Å²) in [6.07, 6.45) is 1.34. The van der Waals surface area contributed by atoms with Crippen molar-refractivity contribution in [1.29, 1.82) is 0 Å². The van der Waals surface area contributed by atoms with Gasteiger partial charge in [0.05, 0.1) is 27.9 Å². The third kappa shape index (κ3) is 3.61. The Morgan fingerprint density at radius 2 is 1.64 bits per heavy atom. The number of anilines is 1. The van der Waals surface area contributed by atoms with E-state index in [9.17, 15) is 9.59 Å². The SMILES string of the molecule is O=C1C(=O)N(CCCCOc2cccc(Cl)c2Cl)c2c(Cl)cccc21. The van der Waals surface area contributed by atoms with E-state index >= 15 is 0 Å². The zero-order valence-corrected chi connectivity index (χ0v) is 15.4. The second-order valence-electron chi connectivity index (χ2n) is 5.53. The average molecular weight is 399 g/mol. The van der Waals surface area contributed by atoms with Crippen LogP contribution in [0.5, 0.6) is 5.75 Å². The maximum absolute atomic E-state index is 12.1. The highest BCUT2D eigenvalue weighted by atomic mass is 35.5. The summed E-state index contributed by atoms with van der Waals surface area (Å²) in [4.78, 5) is 25.6. The fourth-order valence-corrected chi connectivity index (χ4v) is 3.30. The Morgan fingerprint density at radius 1 is 0.920 bits per heavy atom. The lowest BCUT2D eigenvalue weighted by atomic mass is 10.1. The molecular formula is C18H14Cl3NO3. The number of halogens is 3. The molecule has 130 valence electrons. The largest absolute Gasteiger partial charge is 0.492 e. The molecule has 1 aliphatic heterocycles. The first-order valence-electron chi connectivity index (χ1n) is 7.72. The second-order valence-corrected chi connectivity index (χ2v) is 6.72. The van der Waals surface area contributed by atoms with Gasteiger partial charge in [-0.05, 0) is 37.1 Å². The molecule has 2 aromatic carbocycles. The topological polar surface area (TPSA) is 46.6 Å². The third-order valence-electron chi connectivity index (χ3n) is 3.89. The molecule has 0 N–H and O–H groups in total. The predicted molar refractivity (Wildman–Crippen MR) is 99.3 cm³/mol. The number of hydrogen-bond acceptors (Lipinski definition) is 3. The van der Waals surface area contributed by atoms with Crippen LogP contribution in [0.2, 0.25) is 15.1 Å². The lowest BCUT2D eigenvalue weighted by Crippen LogP contribution is -2.31. The van der Waals surface area contributed by atoms with Crippen molar-refractivity contribution in [2.24, 2.45) is 0 Å². The zero-order chi connectivity index (χ0) is 18.0. The number of para-hydroxylation sites is 1. The van der Waals surface area contributed by atoms with Crippen LogP contribution in [0.1, 0.15) is 23.2 Å². The van der Waals surface area contributed by atoms with E-state index in [1.807, 2.05) is 0 Å². The minimum Gasteiger partial charge on any atom is -0.492 e. The van der Waals surface area contributed by atoms with Crippen LogP contribution in [-0.4, -0.2) is 24.8 Å². The molecule has 1 heterocycles. The first kappa shape index (κ1) is 18.1. The van der Waals surface area contributed by atoms with Crippen LogP contribution in [0.4, 0.5) is 5.69 Å². The van der Waals surface area contributed by atoms with Crippen LogP contribution < -0.4 is 9.64 Å². The van der Waals surface area contributed by atoms with Gasteiger partial charge in [-0.1, -0.05) is 46.9 Å². The number of hydrogen-bond donors (Lipinski definition) is 0. The first-order valence-corrected chi connectivity index (χ1v) is 8.85. The van der Waals surface area contributed by atoms with Gasteiger partial charge >= 0.3 is 0 Å². The number of fused-ring (bicyclic) bond motifs is 1. The molecule has 0 atom stereocenters. The molecule has 7 heteroatoms. The Balaban J connectivity index is 1.56. The fourth-order valence-electron chi connectivity index (χ4n) is 2.68. The Morgan fingerprint density at radius 3 is 2.44 bits per heavy atom. The van der Waals surface area contributed by atoms with Crippen LogP contribution in [0.3, 0.4) is 0 Å². The standard InChI is InChI=1S/C18H14Cl3NO3/c19-12-6-4-8-14(15(12)21)25-10-2-1-9-22-16-11(17(23)18(22)24)5-3-7-13(16)20/h3-8H,1-2,9-10H2. The van der Waals surface area contributed by atoms with Crippen molar-refractivity contribution in [3.63, 3.8) is 0 Å². The summed E-state index contributed by atoms with van der Waals surface area (Å²) in [5, 5.41) is 1.22. The molecule has 2 aromatic rings. The number of carbonyl (C=O) groups excluding carboxylic acids is 2. The van der Waals surface area contributed by atoms with E-state index < -0.39 is 11.7 Å². The van der Waals surface area contributed by atoms with E-state index in [0.717, 1.165) is 0 Å². The van der Waals surface area contributed by atoms with Gasteiger partial charge in [0.15, 0.2) is 0 Å². The number of ether oxygens (including phenoxy) is 1. The predicted octanol–water partition coefficient (Wildman–Crippen LogP) is 5.04. The van der Waals surface area contributed by atoms with Crippen molar-refractivity contribution in [2.75, 3.05) is 18.1 Å². The molecule has 0 aromatic heterocycles. The molecule has 25 heavy (non-hydrogen) atoms. The molecule has 0 fully saturated rings. The van der Waals surface area contributed by atoms with Crippen LogP contribution in [-0.2, 0) is 4.79 Å². The summed E-state index contributed by atoms with van der Waals surface area (Å²) in [6, 6.07) is 10.1. The lowest BCUT2D eigenvalue weighted by molar-refractivity contribution is -0.114. The van der Waals surface area contributed by atoms with Gasteiger partial charge in [0.1, 0.15) is 10.8 Å². The number of carbonyl (C=O) groups is 2. The van der Waals surface area contributed by atoms with Crippen LogP contribution in [0, 0.1) is 0 Å². The van der Waals surface area contributed by atoms with Crippen molar-refractivity contribution in [1.82, 2.24) is 0 Å². The molecule has 0 saturated carbocycles. The van der Waals surface area contributed by atoms with Gasteiger partial charge < -0.3 is 9.64 Å². The molecule has 4 nitrogen and oxygen atoms in total. The molecule has 0 radical (unpaired) electrons. The van der Waals surface area contributed by atoms with Crippen molar-refractivity contribution < 1.29 is 14.3 Å². The second kappa shape index (κ2) is 7.65. The van der Waals surface area contributed by atoms with Gasteiger partial charge in [-0.3, -0.25) is 9.59 Å². The Labute approximate surface area is 160 Å². The van der Waals surface area contributed by atoms with Crippen LogP contribution >= 0.6 is 34.8 Å². The smallest absolute Gasteiger partial charge is 0.299 e. The number of benzene rings is 2. The summed E-state index contributed by atoms with van der Waals surface area (Å²) < 4.78 is 5.61. The van der Waals surface area contributed by atoms with E-state index in [2.05, 4.69) is 0 Å². The van der Waals surface area contributed by atoms with E-state index in [1.165, 1.54) is 4.90 Å². The summed E-state index contributed by atoms with van der Waals surface area (Å²) in [5.41, 5.74) is 0.859. The number of amides is 1. The van der Waals surface area contributed by atoms with Crippen molar-refractivity contribution in [3.05, 3.63) is 57.0 Å². The minimum atomic E-state index is -0.540. The van der Waals surface area contributed by atoms with Gasteiger partial charge in [-0.15, -0.1) is 0 Å². The number of Topliss-reactive ketones (excluding diaryl/α,β-unsaturated/α-hetero) is 1. The number of ketones is 1. The number of rotatable bonds is 6. The van der Waals surface area contributed by atoms with Crippen LogP contribution in [0.15, 0.2) is 36.4 Å². The normalized spacial score (nSPS) is 13.3. The van der Waals surface area contributed by atoms with E-state index in [0.29, 0.717) is 58.1 Å². The average Bonchev–Trinajstić information content (AvgIpc) is 2.84. The monoisotopic (exact) mass is 397 g/mol. The van der Waals surface area contributed by atoms with E-state index in [-0.39, 0.29) is 0 Å². The fraction of sp³-hybridized carbons (Fsp3) is 0.222. The van der Waals surface area contributed by atoms with E-state index in [4.69, 9.17) is 39.5 Å². The highest BCUT2D eigenvalue weighted by Crippen LogP contribution is 2.36. The summed E-state index contributed by atoms with van der Waals surface area (Å²) in [6.45, 7) is 0.819. The van der Waals surface area contributed by atoms with Crippen molar-refractivity contribution >= 4 is 52.2 Å². The van der Waals surface area contributed by atoms with Gasteiger partial charge in [0.25, 0.3) is 11.7 Å². The summed E-state index contributed by atoms with van der Waals surface area (Å²) in [7, 11) is 0. The Hall–Kier alpha value is -1.75. The van der Waals surface area contributed by atoms with Gasteiger partial charge in [-0.25, -0.2) is 0 Å². The molecule has 3 rings (SSSR count). The molecule has 0 saturated heterocycles. The quantitative estimate of drug-likeness (QED) is 0.506. The highest BCUT2D eigenvalue weighted by Gasteiger charge is 2.36. The lowest BCUT2D eigenvalue weighted by Gasteiger charge is -2.17. The summed E-state index contributed by atoms with van der Waals surface area (Å²) >= 11 is 18.1. The molecule has 1 amide bonds. The van der Waals surface area contributed by atoms with Crippen LogP contribution in [0.25, 0.3) is 0 Å². The number of nitrogens with zero attached hydrogens (tertiary/aromatic N) is 1. The molecule has 0 unspecified atom stereocenters. The highest BCUT2D eigenvalue weighted by molar-refractivity contribution is 6.54. The maximum Gasteiger partial charge on any atom is 0.299 e. The van der Waals surface area contributed by atoms with Gasteiger partial charge in [-0.2, -0.15) is 0 Å². The molecule has 0 bridgehead atoms. The maximum atomic E-state index is 12.1. The minimum absolute atomic E-state index is 0.361. The van der Waals surface area contributed by atoms with Crippen molar-refractivity contribution in [3.8, 4) is 5.75 Å². The Kier molecular flexibility index (Phi) is 5.52. The van der Waals surface area contributed by atoms with Gasteiger partial charge in [0, 0.05) is 6.54 Å². The molecule has 0 spiro atoms. The first-order chi connectivity index (χ1) is 12.0. The number of unbranched alkanes of at least 4 members (excludes halogenated alkanes) is 1. The molecule has 0 aliphatic carbocycles. The summed E-state index contributed by atoms with van der Waals surface area (Å²) in [5.74, 6) is -0.531. The van der Waals surface area contributed by atoms with Gasteiger partial charge in [0.2, 0.25) is 0 Å². The van der Waals surface area contributed by atoms with E-state index in [1.54, 1.807) is 36.4 Å². The third-order valence-corrected chi connectivity index (χ3v) is 5.00. The Bertz CT molecular complexity index is 838. The van der Waals surface area contributed by atoms with Crippen molar-refractivity contribution in [2.45, 2.75) is 12.8 Å². The molecule has 1 aliphatic rings.